The number of hydrogen-bond acceptors (Lipinski definition) is 7. The van der Waals surface area contributed by atoms with Gasteiger partial charge in [-0.2, -0.15) is 10.1 Å². The van der Waals surface area contributed by atoms with Crippen LogP contribution in [0.4, 0.5) is 5.82 Å². The van der Waals surface area contributed by atoms with Crippen LogP contribution in [0.15, 0.2) is 47.4 Å². The Morgan fingerprint density at radius 1 is 1.09 bits per heavy atom. The number of pyridine rings is 1. The monoisotopic (exact) mass is 469 g/mol. The minimum absolute atomic E-state index is 0.241. The molecule has 5 rings (SSSR count). The summed E-state index contributed by atoms with van der Waals surface area (Å²) in [6, 6.07) is 7.48. The third-order valence-corrected chi connectivity index (χ3v) is 6.39. The lowest BCUT2D eigenvalue weighted by molar-refractivity contribution is 0.212. The minimum Gasteiger partial charge on any atom is -0.383 e. The fraction of sp³-hybridized carbons (Fsp3) is 0.273. The molecule has 1 aliphatic heterocycles. The summed E-state index contributed by atoms with van der Waals surface area (Å²) in [5.41, 5.74) is 8.99. The van der Waals surface area contributed by atoms with Crippen molar-refractivity contribution in [2.75, 3.05) is 25.9 Å². The van der Waals surface area contributed by atoms with E-state index in [1.165, 1.54) is 0 Å². The van der Waals surface area contributed by atoms with Crippen LogP contribution in [0.2, 0.25) is 10.0 Å². The summed E-state index contributed by atoms with van der Waals surface area (Å²) in [6.07, 6.45) is 7.78. The molecule has 4 heterocycles. The molecule has 0 spiro atoms. The molecule has 1 aliphatic rings. The van der Waals surface area contributed by atoms with Crippen LogP contribution in [0, 0.1) is 0 Å². The van der Waals surface area contributed by atoms with Crippen molar-refractivity contribution in [3.8, 4) is 34.0 Å². The molecule has 0 unspecified atom stereocenters. The molecule has 0 radical (unpaired) electrons. The van der Waals surface area contributed by atoms with E-state index in [0.29, 0.717) is 27.2 Å². The Hall–Kier alpha value is -2.94. The van der Waals surface area contributed by atoms with E-state index in [9.17, 15) is 0 Å². The van der Waals surface area contributed by atoms with Gasteiger partial charge in [0.25, 0.3) is 5.89 Å². The average molecular weight is 470 g/mol. The molecule has 0 bridgehead atoms. The number of rotatable bonds is 4. The van der Waals surface area contributed by atoms with E-state index in [1.807, 2.05) is 16.9 Å². The Morgan fingerprint density at radius 3 is 2.59 bits per heavy atom. The van der Waals surface area contributed by atoms with Crippen molar-refractivity contribution in [2.45, 2.75) is 18.9 Å². The minimum atomic E-state index is 0.241. The van der Waals surface area contributed by atoms with Gasteiger partial charge in [-0.15, -0.1) is 0 Å². The third-order valence-electron chi connectivity index (χ3n) is 5.76. The number of nitrogens with two attached hydrogens (primary N) is 1. The molecule has 3 aromatic heterocycles. The Bertz CT molecular complexity index is 1240. The Kier molecular flexibility index (Phi) is 5.58. The van der Waals surface area contributed by atoms with Gasteiger partial charge < -0.3 is 15.2 Å². The van der Waals surface area contributed by atoms with E-state index in [0.717, 1.165) is 37.1 Å². The molecule has 0 aliphatic carbocycles. The smallest absolute Gasteiger partial charge is 0.262 e. The normalized spacial score (nSPS) is 15.3. The second-order valence-electron chi connectivity index (χ2n) is 7.92. The predicted octanol–water partition coefficient (Wildman–Crippen LogP) is 4.82. The number of anilines is 1. The molecule has 1 saturated heterocycles. The van der Waals surface area contributed by atoms with Gasteiger partial charge in [-0.25, -0.2) is 4.98 Å². The molecule has 8 nitrogen and oxygen atoms in total. The second kappa shape index (κ2) is 8.54. The van der Waals surface area contributed by atoms with Crippen LogP contribution >= 0.6 is 23.2 Å². The van der Waals surface area contributed by atoms with Crippen LogP contribution in [0.25, 0.3) is 34.0 Å². The summed E-state index contributed by atoms with van der Waals surface area (Å²) in [5, 5.41) is 9.50. The fourth-order valence-corrected chi connectivity index (χ4v) is 4.46. The average Bonchev–Trinajstić information content (AvgIpc) is 3.45. The first kappa shape index (κ1) is 20.9. The van der Waals surface area contributed by atoms with E-state index in [-0.39, 0.29) is 17.5 Å². The van der Waals surface area contributed by atoms with Crippen LogP contribution in [-0.4, -0.2) is 49.9 Å². The summed E-state index contributed by atoms with van der Waals surface area (Å²) in [4.78, 5) is 11.1. The van der Waals surface area contributed by atoms with Gasteiger partial charge >= 0.3 is 0 Å². The van der Waals surface area contributed by atoms with Crippen LogP contribution in [0.1, 0.15) is 18.9 Å². The summed E-state index contributed by atoms with van der Waals surface area (Å²) in [6.45, 7) is 2.14. The fourth-order valence-electron chi connectivity index (χ4n) is 3.90. The molecule has 0 atom stereocenters. The number of halogens is 2. The first-order valence-electron chi connectivity index (χ1n) is 10.3. The Labute approximate surface area is 195 Å². The van der Waals surface area contributed by atoms with Crippen LogP contribution < -0.4 is 5.73 Å². The lowest BCUT2D eigenvalue weighted by atomic mass is 10.1. The zero-order chi connectivity index (χ0) is 22.2. The zero-order valence-electron chi connectivity index (χ0n) is 17.4. The van der Waals surface area contributed by atoms with Crippen molar-refractivity contribution in [2.24, 2.45) is 0 Å². The molecule has 1 aromatic carbocycles. The van der Waals surface area contributed by atoms with Crippen molar-refractivity contribution in [3.63, 3.8) is 0 Å². The molecular formula is C22H21Cl2N7O. The molecule has 164 valence electrons. The van der Waals surface area contributed by atoms with Gasteiger partial charge in [0.15, 0.2) is 0 Å². The zero-order valence-corrected chi connectivity index (χ0v) is 18.9. The lowest BCUT2D eigenvalue weighted by Crippen LogP contribution is -2.31. The highest BCUT2D eigenvalue weighted by atomic mass is 35.5. The topological polar surface area (TPSA) is 98.9 Å². The van der Waals surface area contributed by atoms with Gasteiger partial charge in [-0.1, -0.05) is 34.4 Å². The molecule has 4 aromatic rings. The predicted molar refractivity (Wildman–Crippen MR) is 124 cm³/mol. The number of hydrogen-bond donors (Lipinski definition) is 1. The van der Waals surface area contributed by atoms with Crippen molar-refractivity contribution in [3.05, 3.63) is 52.9 Å². The Morgan fingerprint density at radius 2 is 1.84 bits per heavy atom. The maximum absolute atomic E-state index is 6.28. The maximum atomic E-state index is 6.28. The number of nitrogens with zero attached hydrogens (tertiary/aromatic N) is 6. The van der Waals surface area contributed by atoms with Gasteiger partial charge in [-0.3, -0.25) is 4.68 Å². The molecule has 0 amide bonds. The maximum Gasteiger partial charge on any atom is 0.262 e. The van der Waals surface area contributed by atoms with Gasteiger partial charge in [0.2, 0.25) is 5.82 Å². The number of benzene rings is 1. The molecular weight excluding hydrogens is 449 g/mol. The van der Waals surface area contributed by atoms with Crippen molar-refractivity contribution in [1.29, 1.82) is 0 Å². The lowest BCUT2D eigenvalue weighted by Gasteiger charge is -2.28. The first-order chi connectivity index (χ1) is 15.5. The van der Waals surface area contributed by atoms with E-state index >= 15 is 0 Å². The molecule has 2 N–H and O–H groups in total. The van der Waals surface area contributed by atoms with Crippen LogP contribution in [0.5, 0.6) is 0 Å². The number of piperidine rings is 1. The second-order valence-corrected chi connectivity index (χ2v) is 8.73. The standard InChI is InChI=1S/C22H21Cl2N7O/c1-30-7-5-15(6-8-30)31-12-14(11-27-31)13-9-16(20(25)26-10-13)22-28-21(29-32-22)19-17(23)3-2-4-18(19)24/h2-4,9-12,15H,5-8H2,1H3,(H2,25,26). The SMILES string of the molecule is CN1CCC(n2cc(-c3cnc(N)c(-c4nc(-c5c(Cl)cccc5Cl)no4)c3)cn2)CC1. The quantitative estimate of drug-likeness (QED) is 0.457. The van der Waals surface area contributed by atoms with Gasteiger partial charge in [0.1, 0.15) is 5.82 Å². The Balaban J connectivity index is 1.45. The largest absolute Gasteiger partial charge is 0.383 e. The first-order valence-corrected chi connectivity index (χ1v) is 11.0. The van der Waals surface area contributed by atoms with E-state index in [1.54, 1.807) is 24.4 Å². The molecule has 1 fully saturated rings. The molecule has 10 heteroatoms. The molecule has 32 heavy (non-hydrogen) atoms. The summed E-state index contributed by atoms with van der Waals surface area (Å²) < 4.78 is 7.52. The van der Waals surface area contributed by atoms with Gasteiger partial charge in [0, 0.05) is 23.5 Å². The summed E-state index contributed by atoms with van der Waals surface area (Å²) in [5.74, 6) is 0.818. The highest BCUT2D eigenvalue weighted by Gasteiger charge is 2.21. The van der Waals surface area contributed by atoms with Crippen molar-refractivity contribution in [1.82, 2.24) is 29.8 Å². The van der Waals surface area contributed by atoms with Gasteiger partial charge in [0.05, 0.1) is 33.4 Å². The van der Waals surface area contributed by atoms with Gasteiger partial charge in [-0.05, 0) is 51.2 Å². The van der Waals surface area contributed by atoms with Crippen LogP contribution in [0.3, 0.4) is 0 Å². The van der Waals surface area contributed by atoms with E-state index < -0.39 is 0 Å². The summed E-state index contributed by atoms with van der Waals surface area (Å²) >= 11 is 12.6. The van der Waals surface area contributed by atoms with Crippen molar-refractivity contribution < 1.29 is 4.52 Å². The summed E-state index contributed by atoms with van der Waals surface area (Å²) in [7, 11) is 2.15. The number of nitrogen functional groups attached to an aromatic ring is 1. The van der Waals surface area contributed by atoms with E-state index in [4.69, 9.17) is 33.5 Å². The molecule has 0 saturated carbocycles. The van der Waals surface area contributed by atoms with Crippen molar-refractivity contribution >= 4 is 29.0 Å². The third kappa shape index (κ3) is 3.97. The highest BCUT2D eigenvalue weighted by Crippen LogP contribution is 2.35. The number of aromatic nitrogens is 5. The highest BCUT2D eigenvalue weighted by molar-refractivity contribution is 6.38. The van der Waals surface area contributed by atoms with E-state index in [2.05, 4.69) is 38.4 Å². The van der Waals surface area contributed by atoms with Crippen LogP contribution in [-0.2, 0) is 0 Å². The number of likely N-dealkylation sites (tertiary alicyclic amines) is 1.